The van der Waals surface area contributed by atoms with E-state index in [2.05, 4.69) is 31.0 Å². The molecule has 0 aliphatic carbocycles. The number of benzene rings is 1. The number of hydroxylamine groups is 2. The van der Waals surface area contributed by atoms with Crippen molar-refractivity contribution in [2.75, 3.05) is 20.6 Å². The quantitative estimate of drug-likeness (QED) is 0.698. The molecule has 0 saturated carbocycles. The van der Waals surface area contributed by atoms with Gasteiger partial charge >= 0.3 is 0 Å². The highest BCUT2D eigenvalue weighted by molar-refractivity contribution is 5.17. The van der Waals surface area contributed by atoms with E-state index < -0.39 is 0 Å². The summed E-state index contributed by atoms with van der Waals surface area (Å²) < 4.78 is 0. The molecule has 0 bridgehead atoms. The van der Waals surface area contributed by atoms with E-state index in [9.17, 15) is 0 Å². The zero-order valence-corrected chi connectivity index (χ0v) is 9.55. The molecule has 1 aromatic rings. The smallest absolute Gasteiger partial charge is 0.157 e. The molecule has 1 aliphatic heterocycles. The van der Waals surface area contributed by atoms with Crippen molar-refractivity contribution in [1.82, 2.24) is 9.96 Å². The molecule has 0 radical (unpaired) electrons. The summed E-state index contributed by atoms with van der Waals surface area (Å²) in [7, 11) is 4.09. The summed E-state index contributed by atoms with van der Waals surface area (Å²) in [6, 6.07) is 10.8. The van der Waals surface area contributed by atoms with E-state index in [1.54, 1.807) is 0 Å². The van der Waals surface area contributed by atoms with E-state index in [0.29, 0.717) is 6.04 Å². The topological polar surface area (TPSA) is 15.7 Å². The highest BCUT2D eigenvalue weighted by Crippen LogP contribution is 2.26. The lowest BCUT2D eigenvalue weighted by Gasteiger charge is -2.41. The molecule has 1 aliphatic rings. The number of hydrogen-bond acceptors (Lipinski definition) is 3. The molecule has 0 unspecified atom stereocenters. The third kappa shape index (κ3) is 2.20. The molecule has 0 amide bonds. The van der Waals surface area contributed by atoms with Crippen molar-refractivity contribution in [3.8, 4) is 0 Å². The molecule has 0 aromatic heterocycles. The predicted octanol–water partition coefficient (Wildman–Crippen LogP) is 1.88. The van der Waals surface area contributed by atoms with Crippen molar-refractivity contribution in [3.05, 3.63) is 35.9 Å². The van der Waals surface area contributed by atoms with Gasteiger partial charge < -0.3 is 0 Å². The number of nitrogens with zero attached hydrogens (tertiary/aromatic N) is 2. The maximum absolute atomic E-state index is 5.86. The number of rotatable bonds is 1. The molecule has 1 saturated heterocycles. The first-order valence-electron chi connectivity index (χ1n) is 5.33. The summed E-state index contributed by atoms with van der Waals surface area (Å²) in [5, 5.41) is 1.94. The van der Waals surface area contributed by atoms with Crippen LogP contribution in [0.15, 0.2) is 30.3 Å². The van der Waals surface area contributed by atoms with Crippen LogP contribution in [0.4, 0.5) is 0 Å². The fourth-order valence-corrected chi connectivity index (χ4v) is 1.90. The van der Waals surface area contributed by atoms with Gasteiger partial charge in [-0.25, -0.2) is 0 Å². The SMILES string of the molecule is C[C@@H]1CN(C)[C@@H](c2ccccc2)ON1C. The van der Waals surface area contributed by atoms with Crippen LogP contribution in [-0.2, 0) is 4.84 Å². The molecule has 1 fully saturated rings. The summed E-state index contributed by atoms with van der Waals surface area (Å²) >= 11 is 0. The van der Waals surface area contributed by atoms with Gasteiger partial charge in [0.1, 0.15) is 0 Å². The average molecular weight is 206 g/mol. The Bertz CT molecular complexity index is 315. The molecule has 2 atom stereocenters. The standard InChI is InChI=1S/C12H18N2O/c1-10-9-13(2)12(15-14(10)3)11-7-5-4-6-8-11/h4-8,10,12H,9H2,1-3H3/t10-,12-/m1/s1. The molecule has 0 N–H and O–H groups in total. The van der Waals surface area contributed by atoms with E-state index in [-0.39, 0.29) is 6.23 Å². The fraction of sp³-hybridized carbons (Fsp3) is 0.500. The van der Waals surface area contributed by atoms with Gasteiger partial charge in [0.25, 0.3) is 0 Å². The summed E-state index contributed by atoms with van der Waals surface area (Å²) in [6.45, 7) is 3.19. The van der Waals surface area contributed by atoms with Crippen molar-refractivity contribution in [2.24, 2.45) is 0 Å². The van der Waals surface area contributed by atoms with Gasteiger partial charge in [0.05, 0.1) is 0 Å². The second kappa shape index (κ2) is 4.31. The van der Waals surface area contributed by atoms with E-state index >= 15 is 0 Å². The molecule has 0 spiro atoms. The van der Waals surface area contributed by atoms with Crippen LogP contribution in [0.5, 0.6) is 0 Å². The maximum Gasteiger partial charge on any atom is 0.157 e. The van der Waals surface area contributed by atoms with Gasteiger partial charge in [0, 0.05) is 19.6 Å². The first-order valence-corrected chi connectivity index (χ1v) is 5.33. The summed E-state index contributed by atoms with van der Waals surface area (Å²) in [6.07, 6.45) is 0.0485. The number of hydrogen-bond donors (Lipinski definition) is 0. The second-order valence-electron chi connectivity index (χ2n) is 4.20. The lowest BCUT2D eigenvalue weighted by molar-refractivity contribution is -0.280. The lowest BCUT2D eigenvalue weighted by atomic mass is 10.1. The Hall–Kier alpha value is -0.900. The lowest BCUT2D eigenvalue weighted by Crippen LogP contribution is -2.48. The Morgan fingerprint density at radius 3 is 2.53 bits per heavy atom. The zero-order valence-electron chi connectivity index (χ0n) is 9.55. The van der Waals surface area contributed by atoms with E-state index in [0.717, 1.165) is 6.54 Å². The maximum atomic E-state index is 5.86. The van der Waals surface area contributed by atoms with Crippen LogP contribution in [0, 0.1) is 0 Å². The summed E-state index contributed by atoms with van der Waals surface area (Å²) in [5.74, 6) is 0. The third-order valence-electron chi connectivity index (χ3n) is 2.92. The van der Waals surface area contributed by atoms with Gasteiger partial charge in [-0.2, -0.15) is 5.06 Å². The van der Waals surface area contributed by atoms with E-state index in [4.69, 9.17) is 4.84 Å². The first-order chi connectivity index (χ1) is 7.18. The first kappa shape index (κ1) is 10.6. The molecule has 1 heterocycles. The highest BCUT2D eigenvalue weighted by Gasteiger charge is 2.28. The molecular weight excluding hydrogens is 188 g/mol. The van der Waals surface area contributed by atoms with Crippen molar-refractivity contribution in [3.63, 3.8) is 0 Å². The van der Waals surface area contributed by atoms with Gasteiger partial charge in [-0.15, -0.1) is 0 Å². The normalized spacial score (nSPS) is 29.3. The Morgan fingerprint density at radius 1 is 1.20 bits per heavy atom. The minimum atomic E-state index is 0.0485. The molecule has 82 valence electrons. The van der Waals surface area contributed by atoms with E-state index in [1.807, 2.05) is 30.3 Å². The van der Waals surface area contributed by atoms with Crippen molar-refractivity contribution < 1.29 is 4.84 Å². The molecular formula is C12H18N2O. The Kier molecular flexibility index (Phi) is 3.05. The van der Waals surface area contributed by atoms with Gasteiger partial charge in [-0.05, 0) is 19.5 Å². The highest BCUT2D eigenvalue weighted by atomic mass is 16.7. The molecule has 3 heteroatoms. The molecule has 1 aromatic carbocycles. The predicted molar refractivity (Wildman–Crippen MR) is 60.1 cm³/mol. The molecule has 2 rings (SSSR count). The number of likely N-dealkylation sites (N-methyl/N-ethyl adjacent to an activating group) is 2. The Morgan fingerprint density at radius 2 is 1.87 bits per heavy atom. The van der Waals surface area contributed by atoms with Gasteiger partial charge in [0.2, 0.25) is 0 Å². The minimum absolute atomic E-state index is 0.0485. The van der Waals surface area contributed by atoms with Crippen LogP contribution in [0.25, 0.3) is 0 Å². The Balaban J connectivity index is 2.16. The van der Waals surface area contributed by atoms with Crippen LogP contribution in [-0.4, -0.2) is 36.6 Å². The zero-order chi connectivity index (χ0) is 10.8. The average Bonchev–Trinajstić information content (AvgIpc) is 2.25. The Labute approximate surface area is 91.2 Å². The van der Waals surface area contributed by atoms with Crippen molar-refractivity contribution >= 4 is 0 Å². The van der Waals surface area contributed by atoms with Crippen LogP contribution >= 0.6 is 0 Å². The van der Waals surface area contributed by atoms with E-state index in [1.165, 1.54) is 5.56 Å². The van der Waals surface area contributed by atoms with Crippen molar-refractivity contribution in [1.29, 1.82) is 0 Å². The molecule has 15 heavy (non-hydrogen) atoms. The summed E-state index contributed by atoms with van der Waals surface area (Å²) in [4.78, 5) is 8.09. The fourth-order valence-electron chi connectivity index (χ4n) is 1.90. The third-order valence-corrected chi connectivity index (χ3v) is 2.92. The van der Waals surface area contributed by atoms with Gasteiger partial charge in [-0.3, -0.25) is 9.74 Å². The monoisotopic (exact) mass is 206 g/mol. The van der Waals surface area contributed by atoms with Crippen LogP contribution in [0.2, 0.25) is 0 Å². The van der Waals surface area contributed by atoms with Gasteiger partial charge in [-0.1, -0.05) is 30.3 Å². The van der Waals surface area contributed by atoms with Crippen LogP contribution < -0.4 is 0 Å². The van der Waals surface area contributed by atoms with Crippen LogP contribution in [0.3, 0.4) is 0 Å². The minimum Gasteiger partial charge on any atom is -0.275 e. The summed E-state index contributed by atoms with van der Waals surface area (Å²) in [5.41, 5.74) is 1.21. The molecule has 3 nitrogen and oxygen atoms in total. The van der Waals surface area contributed by atoms with Gasteiger partial charge in [0.15, 0.2) is 6.23 Å². The second-order valence-corrected chi connectivity index (χ2v) is 4.20. The van der Waals surface area contributed by atoms with Crippen molar-refractivity contribution in [2.45, 2.75) is 19.2 Å². The largest absolute Gasteiger partial charge is 0.275 e. The van der Waals surface area contributed by atoms with Crippen LogP contribution in [0.1, 0.15) is 18.7 Å².